The Labute approximate surface area is 111 Å². The third kappa shape index (κ3) is 2.89. The molecule has 0 aliphatic heterocycles. The van der Waals surface area contributed by atoms with E-state index in [4.69, 9.17) is 5.84 Å². The number of pyridine rings is 1. The fourth-order valence-corrected chi connectivity index (χ4v) is 1.80. The molecule has 0 unspecified atom stereocenters. The summed E-state index contributed by atoms with van der Waals surface area (Å²) in [4.78, 5) is 17.8. The highest BCUT2D eigenvalue weighted by Gasteiger charge is 2.16. The van der Waals surface area contributed by atoms with Gasteiger partial charge in [-0.1, -0.05) is 0 Å². The van der Waals surface area contributed by atoms with Crippen molar-refractivity contribution in [2.45, 2.75) is 6.54 Å². The Bertz CT molecular complexity index is 579. The summed E-state index contributed by atoms with van der Waals surface area (Å²) in [5, 5.41) is 4.07. The number of aryl methyl sites for hydroxylation is 1. The van der Waals surface area contributed by atoms with Crippen LogP contribution in [0.15, 0.2) is 30.9 Å². The lowest BCUT2D eigenvalue weighted by Crippen LogP contribution is -2.27. The van der Waals surface area contributed by atoms with Gasteiger partial charge in [0.2, 0.25) is 0 Å². The Morgan fingerprint density at radius 1 is 1.53 bits per heavy atom. The number of nitrogen functional groups attached to an aromatic ring is 1. The van der Waals surface area contributed by atoms with Crippen molar-refractivity contribution in [2.24, 2.45) is 12.9 Å². The van der Waals surface area contributed by atoms with Gasteiger partial charge in [0.25, 0.3) is 5.91 Å². The molecule has 0 atom stereocenters. The molecule has 0 aliphatic carbocycles. The Balaban J connectivity index is 2.14. The van der Waals surface area contributed by atoms with E-state index >= 15 is 0 Å². The number of nitrogens with two attached hydrogens (primary N) is 1. The van der Waals surface area contributed by atoms with Crippen LogP contribution < -0.4 is 11.3 Å². The first kappa shape index (κ1) is 13.0. The normalized spacial score (nSPS) is 10.3. The molecule has 2 aromatic heterocycles. The number of nitrogens with zero attached hydrogens (tertiary/aromatic N) is 4. The molecule has 0 spiro atoms. The molecule has 0 saturated carbocycles. The Morgan fingerprint density at radius 2 is 2.32 bits per heavy atom. The van der Waals surface area contributed by atoms with Crippen molar-refractivity contribution in [1.82, 2.24) is 19.7 Å². The first-order valence-electron chi connectivity index (χ1n) is 5.75. The number of amides is 1. The van der Waals surface area contributed by atoms with E-state index < -0.39 is 0 Å². The van der Waals surface area contributed by atoms with Crippen molar-refractivity contribution in [2.75, 3.05) is 12.5 Å². The van der Waals surface area contributed by atoms with E-state index in [0.29, 0.717) is 17.8 Å². The number of carbonyl (C=O) groups is 1. The zero-order valence-corrected chi connectivity index (χ0v) is 10.9. The van der Waals surface area contributed by atoms with Gasteiger partial charge in [0.1, 0.15) is 0 Å². The molecule has 0 aliphatic rings. The van der Waals surface area contributed by atoms with Crippen molar-refractivity contribution in [1.29, 1.82) is 0 Å². The smallest absolute Gasteiger partial charge is 0.256 e. The van der Waals surface area contributed by atoms with Crippen LogP contribution in [-0.4, -0.2) is 32.6 Å². The molecular weight excluding hydrogens is 244 g/mol. The van der Waals surface area contributed by atoms with E-state index in [1.807, 2.05) is 13.2 Å². The number of hydrogen-bond donors (Lipinski definition) is 2. The summed E-state index contributed by atoms with van der Waals surface area (Å²) in [6.45, 7) is 0.485. The second-order valence-corrected chi connectivity index (χ2v) is 4.25. The van der Waals surface area contributed by atoms with Gasteiger partial charge in [-0.15, -0.1) is 0 Å². The molecule has 19 heavy (non-hydrogen) atoms. The van der Waals surface area contributed by atoms with Gasteiger partial charge in [0.15, 0.2) is 0 Å². The standard InChI is InChI=1S/C12H16N6O/c1-17(7-9-5-15-18(2)8-9)12(19)10-3-4-14-6-11(10)16-13/h3-6,8,16H,7,13H2,1-2H3. The van der Waals surface area contributed by atoms with Crippen molar-refractivity contribution in [3.8, 4) is 0 Å². The van der Waals surface area contributed by atoms with Gasteiger partial charge < -0.3 is 10.3 Å². The van der Waals surface area contributed by atoms with E-state index in [1.54, 1.807) is 35.1 Å². The maximum Gasteiger partial charge on any atom is 0.256 e. The zero-order chi connectivity index (χ0) is 13.8. The van der Waals surface area contributed by atoms with Gasteiger partial charge >= 0.3 is 0 Å². The van der Waals surface area contributed by atoms with E-state index in [1.165, 1.54) is 6.20 Å². The Hall–Kier alpha value is -2.41. The van der Waals surface area contributed by atoms with Crippen LogP contribution in [-0.2, 0) is 13.6 Å². The van der Waals surface area contributed by atoms with E-state index in [-0.39, 0.29) is 5.91 Å². The number of hydrazine groups is 1. The zero-order valence-electron chi connectivity index (χ0n) is 10.9. The second kappa shape index (κ2) is 5.49. The lowest BCUT2D eigenvalue weighted by molar-refractivity contribution is 0.0786. The van der Waals surface area contributed by atoms with Gasteiger partial charge in [-0.05, 0) is 6.07 Å². The van der Waals surface area contributed by atoms with Crippen molar-refractivity contribution < 1.29 is 4.79 Å². The number of nitrogens with one attached hydrogen (secondary N) is 1. The topological polar surface area (TPSA) is 89.1 Å². The maximum atomic E-state index is 12.3. The summed E-state index contributed by atoms with van der Waals surface area (Å²) >= 11 is 0. The van der Waals surface area contributed by atoms with Crippen LogP contribution in [0.4, 0.5) is 5.69 Å². The van der Waals surface area contributed by atoms with E-state index in [0.717, 1.165) is 5.56 Å². The Morgan fingerprint density at radius 3 is 2.95 bits per heavy atom. The number of anilines is 1. The monoisotopic (exact) mass is 260 g/mol. The quantitative estimate of drug-likeness (QED) is 0.612. The molecule has 7 nitrogen and oxygen atoms in total. The fraction of sp³-hybridized carbons (Fsp3) is 0.250. The number of carbonyl (C=O) groups excluding carboxylic acids is 1. The summed E-state index contributed by atoms with van der Waals surface area (Å²) in [5.74, 6) is 5.24. The highest BCUT2D eigenvalue weighted by Crippen LogP contribution is 2.15. The van der Waals surface area contributed by atoms with Crippen molar-refractivity contribution in [3.05, 3.63) is 42.0 Å². The summed E-state index contributed by atoms with van der Waals surface area (Å²) in [6.07, 6.45) is 6.69. The molecule has 100 valence electrons. The predicted octanol–water partition coefficient (Wildman–Crippen LogP) is 0.373. The second-order valence-electron chi connectivity index (χ2n) is 4.25. The first-order chi connectivity index (χ1) is 9.11. The van der Waals surface area contributed by atoms with Crippen molar-refractivity contribution in [3.63, 3.8) is 0 Å². The predicted molar refractivity (Wildman–Crippen MR) is 71.1 cm³/mol. The fourth-order valence-electron chi connectivity index (χ4n) is 1.80. The van der Waals surface area contributed by atoms with Crippen LogP contribution in [0.25, 0.3) is 0 Å². The lowest BCUT2D eigenvalue weighted by atomic mass is 10.2. The van der Waals surface area contributed by atoms with Crippen LogP contribution in [0.5, 0.6) is 0 Å². The summed E-state index contributed by atoms with van der Waals surface area (Å²) < 4.78 is 1.70. The minimum atomic E-state index is -0.126. The van der Waals surface area contributed by atoms with Gasteiger partial charge in [0, 0.05) is 38.6 Å². The minimum absolute atomic E-state index is 0.126. The van der Waals surface area contributed by atoms with E-state index in [9.17, 15) is 4.79 Å². The molecule has 7 heteroatoms. The van der Waals surface area contributed by atoms with Crippen LogP contribution in [0.3, 0.4) is 0 Å². The van der Waals surface area contributed by atoms with Gasteiger partial charge in [-0.3, -0.25) is 20.3 Å². The number of aromatic nitrogens is 3. The molecule has 1 amide bonds. The third-order valence-electron chi connectivity index (χ3n) is 2.73. The molecule has 0 aromatic carbocycles. The highest BCUT2D eigenvalue weighted by atomic mass is 16.2. The molecule has 0 bridgehead atoms. The largest absolute Gasteiger partial charge is 0.337 e. The van der Waals surface area contributed by atoms with E-state index in [2.05, 4.69) is 15.5 Å². The van der Waals surface area contributed by atoms with Gasteiger partial charge in [-0.25, -0.2) is 0 Å². The molecule has 2 aromatic rings. The minimum Gasteiger partial charge on any atom is -0.337 e. The van der Waals surface area contributed by atoms with Crippen LogP contribution in [0.2, 0.25) is 0 Å². The Kier molecular flexibility index (Phi) is 3.76. The summed E-state index contributed by atoms with van der Waals surface area (Å²) in [7, 11) is 3.57. The third-order valence-corrected chi connectivity index (χ3v) is 2.73. The lowest BCUT2D eigenvalue weighted by Gasteiger charge is -2.17. The summed E-state index contributed by atoms with van der Waals surface area (Å²) in [6, 6.07) is 1.64. The molecule has 0 radical (unpaired) electrons. The molecule has 2 rings (SSSR count). The maximum absolute atomic E-state index is 12.3. The number of rotatable bonds is 4. The summed E-state index contributed by atoms with van der Waals surface area (Å²) in [5.41, 5.74) is 4.43. The first-order valence-corrected chi connectivity index (χ1v) is 5.75. The van der Waals surface area contributed by atoms with Gasteiger partial charge in [0.05, 0.1) is 23.6 Å². The van der Waals surface area contributed by atoms with Crippen molar-refractivity contribution >= 4 is 11.6 Å². The molecule has 3 N–H and O–H groups in total. The average Bonchev–Trinajstić information content (AvgIpc) is 2.83. The molecule has 0 fully saturated rings. The number of hydrogen-bond acceptors (Lipinski definition) is 5. The SMILES string of the molecule is CN(Cc1cnn(C)c1)C(=O)c1ccncc1NN. The van der Waals surface area contributed by atoms with Crippen LogP contribution >= 0.6 is 0 Å². The molecule has 0 saturated heterocycles. The van der Waals surface area contributed by atoms with Gasteiger partial charge in [-0.2, -0.15) is 5.10 Å². The van der Waals surface area contributed by atoms with Crippen LogP contribution in [0.1, 0.15) is 15.9 Å². The molecule has 2 heterocycles. The highest BCUT2D eigenvalue weighted by molar-refractivity contribution is 5.99. The van der Waals surface area contributed by atoms with Crippen LogP contribution in [0, 0.1) is 0 Å². The average molecular weight is 260 g/mol. The molecular formula is C12H16N6O.